The van der Waals surface area contributed by atoms with Crippen LogP contribution in [-0.4, -0.2) is 0 Å². The molecule has 0 aliphatic carbocycles. The van der Waals surface area contributed by atoms with Gasteiger partial charge in [0.05, 0.1) is 0 Å². The summed E-state index contributed by atoms with van der Waals surface area (Å²) in [5.74, 6) is 0. The van der Waals surface area contributed by atoms with E-state index in [2.05, 4.69) is 72.2 Å². The lowest BCUT2D eigenvalue weighted by atomic mass is 9.94. The Balaban J connectivity index is 1.79. The average molecular weight is 570 g/mol. The maximum atomic E-state index is 4.01. The first-order chi connectivity index (χ1) is 18.3. The zero-order valence-corrected chi connectivity index (χ0v) is 26.1. The highest BCUT2D eigenvalue weighted by Crippen LogP contribution is 2.34. The quantitative estimate of drug-likeness (QED) is 0.117. The van der Waals surface area contributed by atoms with E-state index in [1.807, 2.05) is 0 Å². The van der Waals surface area contributed by atoms with Crippen LogP contribution >= 0.6 is 15.9 Å². The van der Waals surface area contributed by atoms with Crippen LogP contribution in [0.15, 0.2) is 46.9 Å². The molecule has 0 saturated carbocycles. The third kappa shape index (κ3) is 14.6. The Morgan fingerprint density at radius 3 is 1.41 bits per heavy atom. The summed E-state index contributed by atoms with van der Waals surface area (Å²) in [4.78, 5) is 0. The van der Waals surface area contributed by atoms with Gasteiger partial charge in [0, 0.05) is 4.47 Å². The summed E-state index contributed by atoms with van der Waals surface area (Å²) >= 11 is 4.01. The number of aryl methyl sites for hydroxylation is 2. The first-order valence-corrected chi connectivity index (χ1v) is 16.9. The number of halogens is 1. The van der Waals surface area contributed by atoms with Gasteiger partial charge in [0.2, 0.25) is 0 Å². The number of hydrogen-bond donors (Lipinski definition) is 0. The van der Waals surface area contributed by atoms with Crippen LogP contribution in [0.1, 0.15) is 153 Å². The van der Waals surface area contributed by atoms with E-state index in [0.717, 1.165) is 0 Å². The fraction of sp³-hybridized carbons (Fsp3) is 0.667. The molecule has 0 heterocycles. The Bertz CT molecular complexity index is 794. The molecule has 0 atom stereocenters. The Morgan fingerprint density at radius 1 is 0.486 bits per heavy atom. The predicted octanol–water partition coefficient (Wildman–Crippen LogP) is 13.0. The number of benzene rings is 2. The molecule has 2 aromatic rings. The molecule has 0 fully saturated rings. The normalized spacial score (nSPS) is 11.3. The molecule has 0 N–H and O–H groups in total. The molecule has 0 aromatic heterocycles. The van der Waals surface area contributed by atoms with E-state index in [4.69, 9.17) is 0 Å². The molecule has 0 aliphatic heterocycles. The molecule has 0 amide bonds. The van der Waals surface area contributed by atoms with Crippen molar-refractivity contribution in [1.82, 2.24) is 0 Å². The van der Waals surface area contributed by atoms with Crippen molar-refractivity contribution in [3.63, 3.8) is 0 Å². The van der Waals surface area contributed by atoms with Gasteiger partial charge in [-0.25, -0.2) is 0 Å². The van der Waals surface area contributed by atoms with Gasteiger partial charge in [-0.3, -0.25) is 0 Å². The van der Waals surface area contributed by atoms with Gasteiger partial charge in [-0.05, 0) is 63.9 Å². The van der Waals surface area contributed by atoms with Crippen LogP contribution in [0, 0.1) is 0 Å². The minimum atomic E-state index is 1.20. The van der Waals surface area contributed by atoms with Crippen molar-refractivity contribution < 1.29 is 0 Å². The molecule has 2 aromatic carbocycles. The Morgan fingerprint density at radius 2 is 0.919 bits per heavy atom. The zero-order chi connectivity index (χ0) is 26.4. The van der Waals surface area contributed by atoms with Crippen LogP contribution in [0.25, 0.3) is 11.1 Å². The first-order valence-electron chi connectivity index (χ1n) is 16.1. The van der Waals surface area contributed by atoms with E-state index in [9.17, 15) is 0 Å². The van der Waals surface area contributed by atoms with E-state index in [0.29, 0.717) is 0 Å². The van der Waals surface area contributed by atoms with E-state index in [1.54, 1.807) is 0 Å². The smallest absolute Gasteiger partial charge is 0.0285 e. The molecule has 0 bridgehead atoms. The van der Waals surface area contributed by atoms with Crippen molar-refractivity contribution in [3.05, 3.63) is 58.1 Å². The molecule has 208 valence electrons. The Hall–Kier alpha value is -1.08. The van der Waals surface area contributed by atoms with Crippen molar-refractivity contribution in [3.8, 4) is 11.1 Å². The SMILES string of the molecule is CCCCCCCCCCCCc1cc(CCCCCCCCCCCC)c(Br)c(-c2ccccc2)c1. The van der Waals surface area contributed by atoms with Crippen molar-refractivity contribution in [2.45, 2.75) is 155 Å². The second kappa shape index (κ2) is 21.8. The van der Waals surface area contributed by atoms with Gasteiger partial charge < -0.3 is 0 Å². The molecule has 1 heteroatoms. The molecule has 0 spiro atoms. The summed E-state index contributed by atoms with van der Waals surface area (Å²) in [5, 5.41) is 0. The van der Waals surface area contributed by atoms with Crippen molar-refractivity contribution in [2.75, 3.05) is 0 Å². The lowest BCUT2D eigenvalue weighted by molar-refractivity contribution is 0.555. The summed E-state index contributed by atoms with van der Waals surface area (Å²) in [6.45, 7) is 4.60. The number of hydrogen-bond acceptors (Lipinski definition) is 0. The van der Waals surface area contributed by atoms with Crippen LogP contribution in [-0.2, 0) is 12.8 Å². The minimum Gasteiger partial charge on any atom is -0.0654 e. The monoisotopic (exact) mass is 568 g/mol. The van der Waals surface area contributed by atoms with Gasteiger partial charge in [-0.2, -0.15) is 0 Å². The molecule has 0 aliphatic rings. The van der Waals surface area contributed by atoms with Crippen LogP contribution in [0.3, 0.4) is 0 Å². The second-order valence-corrected chi connectivity index (χ2v) is 12.1. The van der Waals surface area contributed by atoms with E-state index < -0.39 is 0 Å². The Labute approximate surface area is 239 Å². The summed E-state index contributed by atoms with van der Waals surface area (Å²) < 4.78 is 1.32. The van der Waals surface area contributed by atoms with E-state index in [-0.39, 0.29) is 0 Å². The maximum absolute atomic E-state index is 4.01. The van der Waals surface area contributed by atoms with Gasteiger partial charge in [0.15, 0.2) is 0 Å². The molecular weight excluding hydrogens is 512 g/mol. The molecule has 37 heavy (non-hydrogen) atoms. The molecule has 0 saturated heterocycles. The van der Waals surface area contributed by atoms with Crippen molar-refractivity contribution in [2.24, 2.45) is 0 Å². The molecular formula is C36H57Br. The number of rotatable bonds is 23. The first kappa shape index (κ1) is 32.1. The topological polar surface area (TPSA) is 0 Å². The van der Waals surface area contributed by atoms with Gasteiger partial charge >= 0.3 is 0 Å². The lowest BCUT2D eigenvalue weighted by Gasteiger charge is -2.14. The highest BCUT2D eigenvalue weighted by molar-refractivity contribution is 9.10. The van der Waals surface area contributed by atoms with Gasteiger partial charge in [-0.1, -0.05) is 172 Å². The van der Waals surface area contributed by atoms with Crippen LogP contribution in [0.4, 0.5) is 0 Å². The third-order valence-corrected chi connectivity index (χ3v) is 8.85. The lowest BCUT2D eigenvalue weighted by Crippen LogP contribution is -1.96. The standard InChI is InChI=1S/C36H57Br/c1-3-5-7-9-11-13-15-17-19-22-26-32-30-34(29-23-20-18-16-14-12-10-8-6-4-2)36(37)35(31-32)33-27-24-21-25-28-33/h21,24-25,27-28,30-31H,3-20,22-23,26,29H2,1-2H3. The summed E-state index contributed by atoms with van der Waals surface area (Å²) in [7, 11) is 0. The van der Waals surface area contributed by atoms with Gasteiger partial charge in [0.25, 0.3) is 0 Å². The highest BCUT2D eigenvalue weighted by atomic mass is 79.9. The predicted molar refractivity (Wildman–Crippen MR) is 171 cm³/mol. The number of unbranched alkanes of at least 4 members (excludes halogenated alkanes) is 18. The largest absolute Gasteiger partial charge is 0.0654 e. The minimum absolute atomic E-state index is 1.20. The van der Waals surface area contributed by atoms with Gasteiger partial charge in [0.1, 0.15) is 0 Å². The average Bonchev–Trinajstić information content (AvgIpc) is 2.92. The Kier molecular flexibility index (Phi) is 18.9. The highest BCUT2D eigenvalue weighted by Gasteiger charge is 2.11. The second-order valence-electron chi connectivity index (χ2n) is 11.3. The molecule has 0 unspecified atom stereocenters. The van der Waals surface area contributed by atoms with Gasteiger partial charge in [-0.15, -0.1) is 0 Å². The van der Waals surface area contributed by atoms with Crippen LogP contribution in [0.2, 0.25) is 0 Å². The summed E-state index contributed by atoms with van der Waals surface area (Å²) in [5.41, 5.74) is 5.77. The molecule has 0 nitrogen and oxygen atoms in total. The maximum Gasteiger partial charge on any atom is 0.0285 e. The van der Waals surface area contributed by atoms with Crippen LogP contribution < -0.4 is 0 Å². The fourth-order valence-electron chi connectivity index (χ4n) is 5.52. The van der Waals surface area contributed by atoms with Crippen molar-refractivity contribution >= 4 is 15.9 Å². The summed E-state index contributed by atoms with van der Waals surface area (Å²) in [6.07, 6.45) is 30.5. The summed E-state index contributed by atoms with van der Waals surface area (Å²) in [6, 6.07) is 15.9. The van der Waals surface area contributed by atoms with E-state index in [1.165, 1.54) is 168 Å². The van der Waals surface area contributed by atoms with E-state index >= 15 is 0 Å². The van der Waals surface area contributed by atoms with Crippen molar-refractivity contribution in [1.29, 1.82) is 0 Å². The fourth-order valence-corrected chi connectivity index (χ4v) is 6.18. The zero-order valence-electron chi connectivity index (χ0n) is 24.5. The van der Waals surface area contributed by atoms with Crippen LogP contribution in [0.5, 0.6) is 0 Å². The third-order valence-electron chi connectivity index (χ3n) is 7.91. The molecule has 0 radical (unpaired) electrons. The molecule has 2 rings (SSSR count).